The smallest absolute Gasteiger partial charge is 0.416 e. The van der Waals surface area contributed by atoms with Crippen LogP contribution in [-0.4, -0.2) is 18.0 Å². The summed E-state index contributed by atoms with van der Waals surface area (Å²) >= 11 is 6.99. The molecule has 1 heterocycles. The Bertz CT molecular complexity index is 1050. The van der Waals surface area contributed by atoms with E-state index in [4.69, 9.17) is 16.3 Å². The molecule has 9 heteroatoms. The first kappa shape index (κ1) is 19.4. The Kier molecular flexibility index (Phi) is 5.05. The first-order chi connectivity index (χ1) is 12.6. The van der Waals surface area contributed by atoms with E-state index < -0.39 is 17.6 Å². The number of carbonyl (C=O) groups is 1. The number of fused-ring (bicyclic) bond motifs is 1. The number of nitrogens with zero attached hydrogens (tertiary/aromatic N) is 1. The Morgan fingerprint density at radius 2 is 1.89 bits per heavy atom. The van der Waals surface area contributed by atoms with E-state index in [9.17, 15) is 18.0 Å². The first-order valence-electron chi connectivity index (χ1n) is 7.74. The van der Waals surface area contributed by atoms with Gasteiger partial charge in [0.15, 0.2) is 5.13 Å². The Balaban J connectivity index is 1.98. The van der Waals surface area contributed by atoms with Crippen LogP contribution in [0.15, 0.2) is 24.3 Å². The van der Waals surface area contributed by atoms with Crippen molar-refractivity contribution < 1.29 is 22.7 Å². The molecular formula is C18H14ClF3N2O2S. The van der Waals surface area contributed by atoms with Gasteiger partial charge in [0.2, 0.25) is 0 Å². The van der Waals surface area contributed by atoms with Crippen LogP contribution in [0, 0.1) is 13.8 Å². The molecule has 0 radical (unpaired) electrons. The lowest BCUT2D eigenvalue weighted by atomic mass is 10.1. The molecule has 0 atom stereocenters. The topological polar surface area (TPSA) is 51.2 Å². The molecule has 0 saturated carbocycles. The van der Waals surface area contributed by atoms with Gasteiger partial charge in [0.25, 0.3) is 5.91 Å². The fraction of sp³-hybridized carbons (Fsp3) is 0.222. The SMILES string of the molecule is COc1c(C)cc(Cl)cc1C(=O)Nc1nc2c(C)cc(C(F)(F)F)cc2s1. The molecule has 3 rings (SSSR count). The van der Waals surface area contributed by atoms with Crippen molar-refractivity contribution in [3.05, 3.63) is 51.5 Å². The van der Waals surface area contributed by atoms with Crippen molar-refractivity contribution in [2.45, 2.75) is 20.0 Å². The summed E-state index contributed by atoms with van der Waals surface area (Å²) in [4.78, 5) is 16.9. The highest BCUT2D eigenvalue weighted by Gasteiger charge is 2.31. The summed E-state index contributed by atoms with van der Waals surface area (Å²) < 4.78 is 44.5. The normalized spacial score (nSPS) is 11.7. The number of hydrogen-bond acceptors (Lipinski definition) is 4. The zero-order valence-corrected chi connectivity index (χ0v) is 16.1. The fourth-order valence-corrected chi connectivity index (χ4v) is 4.00. The number of aromatic nitrogens is 1. The van der Waals surface area contributed by atoms with Crippen molar-refractivity contribution >= 4 is 44.2 Å². The molecule has 1 aromatic heterocycles. The van der Waals surface area contributed by atoms with Gasteiger partial charge in [-0.05, 0) is 49.2 Å². The number of hydrogen-bond donors (Lipinski definition) is 1. The number of amides is 1. The van der Waals surface area contributed by atoms with Crippen LogP contribution in [0.4, 0.5) is 18.3 Å². The van der Waals surface area contributed by atoms with Gasteiger partial charge in [0.1, 0.15) is 5.75 Å². The zero-order valence-electron chi connectivity index (χ0n) is 14.5. The first-order valence-corrected chi connectivity index (χ1v) is 8.93. The summed E-state index contributed by atoms with van der Waals surface area (Å²) in [5.41, 5.74) is 0.950. The van der Waals surface area contributed by atoms with E-state index in [2.05, 4.69) is 10.3 Å². The van der Waals surface area contributed by atoms with Crippen molar-refractivity contribution in [2.24, 2.45) is 0 Å². The summed E-state index contributed by atoms with van der Waals surface area (Å²) in [5.74, 6) is -0.140. The van der Waals surface area contributed by atoms with Gasteiger partial charge in [-0.2, -0.15) is 13.2 Å². The highest BCUT2D eigenvalue weighted by atomic mass is 35.5. The average molecular weight is 415 g/mol. The van der Waals surface area contributed by atoms with E-state index in [1.807, 2.05) is 0 Å². The lowest BCUT2D eigenvalue weighted by Gasteiger charge is -2.11. The molecule has 27 heavy (non-hydrogen) atoms. The van der Waals surface area contributed by atoms with Gasteiger partial charge in [-0.15, -0.1) is 0 Å². The molecular weight excluding hydrogens is 401 g/mol. The average Bonchev–Trinajstić information content (AvgIpc) is 2.96. The van der Waals surface area contributed by atoms with Crippen molar-refractivity contribution in [1.29, 1.82) is 0 Å². The van der Waals surface area contributed by atoms with Gasteiger partial charge in [-0.3, -0.25) is 10.1 Å². The Morgan fingerprint density at radius 1 is 1.19 bits per heavy atom. The number of carbonyl (C=O) groups excluding carboxylic acids is 1. The molecule has 4 nitrogen and oxygen atoms in total. The number of halogens is 4. The van der Waals surface area contributed by atoms with Gasteiger partial charge >= 0.3 is 6.18 Å². The molecule has 0 bridgehead atoms. The number of nitrogens with one attached hydrogen (secondary N) is 1. The summed E-state index contributed by atoms with van der Waals surface area (Å²) in [6, 6.07) is 5.19. The van der Waals surface area contributed by atoms with Crippen LogP contribution in [0.1, 0.15) is 27.0 Å². The third-order valence-electron chi connectivity index (χ3n) is 3.92. The van der Waals surface area contributed by atoms with Crippen molar-refractivity contribution in [1.82, 2.24) is 4.98 Å². The molecule has 1 N–H and O–H groups in total. The van der Waals surface area contributed by atoms with Crippen LogP contribution in [0.25, 0.3) is 10.2 Å². The quantitative estimate of drug-likeness (QED) is 0.585. The van der Waals surface area contributed by atoms with Crippen LogP contribution in [0.2, 0.25) is 5.02 Å². The highest BCUT2D eigenvalue weighted by molar-refractivity contribution is 7.22. The van der Waals surface area contributed by atoms with Crippen LogP contribution >= 0.6 is 22.9 Å². The maximum atomic E-state index is 13.0. The van der Waals surface area contributed by atoms with E-state index in [1.54, 1.807) is 19.9 Å². The Hall–Kier alpha value is -2.32. The second-order valence-electron chi connectivity index (χ2n) is 5.91. The number of benzene rings is 2. The van der Waals surface area contributed by atoms with E-state index in [0.717, 1.165) is 23.5 Å². The number of thiazole rings is 1. The predicted molar refractivity (Wildman–Crippen MR) is 100 cm³/mol. The number of ether oxygens (including phenoxy) is 1. The minimum atomic E-state index is -4.45. The second kappa shape index (κ2) is 7.01. The maximum absolute atomic E-state index is 13.0. The largest absolute Gasteiger partial charge is 0.496 e. The summed E-state index contributed by atoms with van der Waals surface area (Å²) in [6.07, 6.45) is -4.45. The van der Waals surface area contributed by atoms with Gasteiger partial charge in [-0.1, -0.05) is 22.9 Å². The molecule has 1 amide bonds. The van der Waals surface area contributed by atoms with E-state index in [1.165, 1.54) is 13.2 Å². The minimum absolute atomic E-state index is 0.192. The van der Waals surface area contributed by atoms with Gasteiger partial charge in [-0.25, -0.2) is 4.98 Å². The summed E-state index contributed by atoms with van der Waals surface area (Å²) in [7, 11) is 1.44. The van der Waals surface area contributed by atoms with Gasteiger partial charge in [0, 0.05) is 5.02 Å². The third kappa shape index (κ3) is 3.86. The number of rotatable bonds is 3. The van der Waals surface area contributed by atoms with Crippen molar-refractivity contribution in [2.75, 3.05) is 12.4 Å². The third-order valence-corrected chi connectivity index (χ3v) is 5.06. The molecule has 0 aliphatic carbocycles. The Morgan fingerprint density at radius 3 is 2.52 bits per heavy atom. The zero-order chi connectivity index (χ0) is 19.9. The van der Waals surface area contributed by atoms with Crippen LogP contribution in [-0.2, 0) is 6.18 Å². The fourth-order valence-electron chi connectivity index (χ4n) is 2.75. The molecule has 0 aliphatic heterocycles. The number of methoxy groups -OCH3 is 1. The van der Waals surface area contributed by atoms with Crippen molar-refractivity contribution in [3.8, 4) is 5.75 Å². The standard InChI is InChI=1S/C18H14ClF3N2O2S/c1-8-4-10(18(20,21)22)6-13-14(8)23-17(27-13)24-16(25)12-7-11(19)5-9(2)15(12)26-3/h4-7H,1-3H3,(H,23,24,25). The molecule has 0 aliphatic rings. The second-order valence-corrected chi connectivity index (χ2v) is 7.38. The predicted octanol–water partition coefficient (Wildman–Crippen LogP) is 5.85. The van der Waals surface area contributed by atoms with E-state index in [-0.39, 0.29) is 10.7 Å². The maximum Gasteiger partial charge on any atom is 0.416 e. The van der Waals surface area contributed by atoms with Crippen LogP contribution < -0.4 is 10.1 Å². The van der Waals surface area contributed by atoms with Gasteiger partial charge < -0.3 is 4.74 Å². The molecule has 142 valence electrons. The van der Waals surface area contributed by atoms with E-state index in [0.29, 0.717) is 32.1 Å². The number of anilines is 1. The molecule has 3 aromatic rings. The molecule has 0 spiro atoms. The monoisotopic (exact) mass is 414 g/mol. The minimum Gasteiger partial charge on any atom is -0.496 e. The molecule has 0 fully saturated rings. The molecule has 0 saturated heterocycles. The lowest BCUT2D eigenvalue weighted by Crippen LogP contribution is -2.13. The van der Waals surface area contributed by atoms with Gasteiger partial charge in [0.05, 0.1) is 28.5 Å². The number of alkyl halides is 3. The summed E-state index contributed by atoms with van der Waals surface area (Å²) in [6.45, 7) is 3.30. The molecule has 0 unspecified atom stereocenters. The molecule has 2 aromatic carbocycles. The van der Waals surface area contributed by atoms with Crippen molar-refractivity contribution in [3.63, 3.8) is 0 Å². The Labute approximate surface area is 161 Å². The highest BCUT2D eigenvalue weighted by Crippen LogP contribution is 2.36. The summed E-state index contributed by atoms with van der Waals surface area (Å²) in [5, 5.41) is 3.17. The van der Waals surface area contributed by atoms with E-state index >= 15 is 0 Å². The number of aryl methyl sites for hydroxylation is 2. The van der Waals surface area contributed by atoms with Crippen LogP contribution in [0.5, 0.6) is 5.75 Å². The van der Waals surface area contributed by atoms with Crippen LogP contribution in [0.3, 0.4) is 0 Å². The lowest BCUT2D eigenvalue weighted by molar-refractivity contribution is -0.137.